The number of nitrogens with zero attached hydrogens (tertiary/aromatic N) is 1. The Hall–Kier alpha value is -4.37. The zero-order valence-corrected chi connectivity index (χ0v) is 20.5. The SMILES string of the molecule is CCOc1ccccc1NC(=O)C(=O)N/N=C\c1ccccc1OCC(=O)Nc1cc(Cl)ccc1C. The van der Waals surface area contributed by atoms with Gasteiger partial charge in [0, 0.05) is 16.3 Å². The molecule has 0 aliphatic rings. The van der Waals surface area contributed by atoms with E-state index in [1.54, 1.807) is 66.7 Å². The highest BCUT2D eigenvalue weighted by atomic mass is 35.5. The lowest BCUT2D eigenvalue weighted by atomic mass is 10.2. The topological polar surface area (TPSA) is 118 Å². The average Bonchev–Trinajstić information content (AvgIpc) is 2.87. The number of ether oxygens (including phenoxy) is 2. The smallest absolute Gasteiger partial charge is 0.329 e. The summed E-state index contributed by atoms with van der Waals surface area (Å²) >= 11 is 5.99. The van der Waals surface area contributed by atoms with Crippen LogP contribution in [0.1, 0.15) is 18.1 Å². The van der Waals surface area contributed by atoms with Crippen molar-refractivity contribution in [2.75, 3.05) is 23.8 Å². The zero-order chi connectivity index (χ0) is 25.9. The van der Waals surface area contributed by atoms with Crippen LogP contribution in [0.4, 0.5) is 11.4 Å². The van der Waals surface area contributed by atoms with Gasteiger partial charge in [0.15, 0.2) is 6.61 Å². The van der Waals surface area contributed by atoms with E-state index in [1.807, 2.05) is 13.8 Å². The van der Waals surface area contributed by atoms with Crippen LogP contribution in [0.2, 0.25) is 5.02 Å². The van der Waals surface area contributed by atoms with Crippen LogP contribution in [-0.2, 0) is 14.4 Å². The van der Waals surface area contributed by atoms with Gasteiger partial charge in [-0.2, -0.15) is 5.10 Å². The third kappa shape index (κ3) is 7.57. The summed E-state index contributed by atoms with van der Waals surface area (Å²) in [7, 11) is 0. The van der Waals surface area contributed by atoms with Crippen LogP contribution in [0, 0.1) is 6.92 Å². The number of benzene rings is 3. The predicted molar refractivity (Wildman–Crippen MR) is 139 cm³/mol. The van der Waals surface area contributed by atoms with Crippen molar-refractivity contribution in [3.63, 3.8) is 0 Å². The quantitative estimate of drug-likeness (QED) is 0.228. The number of hydrazone groups is 1. The number of hydrogen-bond acceptors (Lipinski definition) is 6. The molecule has 0 spiro atoms. The minimum absolute atomic E-state index is 0.259. The molecule has 0 aliphatic carbocycles. The first kappa shape index (κ1) is 26.2. The molecule has 36 heavy (non-hydrogen) atoms. The first-order valence-corrected chi connectivity index (χ1v) is 11.4. The second kappa shape index (κ2) is 12.9. The molecule has 0 bridgehead atoms. The van der Waals surface area contributed by atoms with E-state index < -0.39 is 11.8 Å². The van der Waals surface area contributed by atoms with Gasteiger partial charge in [-0.25, -0.2) is 5.43 Å². The number of halogens is 1. The minimum atomic E-state index is -0.966. The molecule has 10 heteroatoms. The van der Waals surface area contributed by atoms with Gasteiger partial charge < -0.3 is 20.1 Å². The molecule has 0 saturated heterocycles. The van der Waals surface area contributed by atoms with Gasteiger partial charge in [0.1, 0.15) is 11.5 Å². The van der Waals surface area contributed by atoms with Gasteiger partial charge >= 0.3 is 11.8 Å². The van der Waals surface area contributed by atoms with Gasteiger partial charge in [0.05, 0.1) is 18.5 Å². The van der Waals surface area contributed by atoms with Gasteiger partial charge in [-0.05, 0) is 55.8 Å². The van der Waals surface area contributed by atoms with E-state index in [4.69, 9.17) is 21.1 Å². The number of carbonyl (C=O) groups excluding carboxylic acids is 3. The normalized spacial score (nSPS) is 10.5. The van der Waals surface area contributed by atoms with Crippen molar-refractivity contribution in [3.05, 3.63) is 82.9 Å². The third-order valence-electron chi connectivity index (χ3n) is 4.76. The minimum Gasteiger partial charge on any atom is -0.492 e. The van der Waals surface area contributed by atoms with E-state index in [1.165, 1.54) is 6.21 Å². The maximum atomic E-state index is 12.3. The highest BCUT2D eigenvalue weighted by Gasteiger charge is 2.15. The van der Waals surface area contributed by atoms with Gasteiger partial charge in [-0.3, -0.25) is 14.4 Å². The largest absolute Gasteiger partial charge is 0.492 e. The molecule has 3 aromatic carbocycles. The Balaban J connectivity index is 1.56. The predicted octanol–water partition coefficient (Wildman–Crippen LogP) is 4.15. The highest BCUT2D eigenvalue weighted by Crippen LogP contribution is 2.23. The van der Waals surface area contributed by atoms with E-state index >= 15 is 0 Å². The summed E-state index contributed by atoms with van der Waals surface area (Å²) in [6, 6.07) is 18.8. The second-order valence-corrected chi connectivity index (χ2v) is 7.85. The number of carbonyl (C=O) groups is 3. The summed E-state index contributed by atoms with van der Waals surface area (Å²) in [5.74, 6) is -1.43. The fourth-order valence-electron chi connectivity index (χ4n) is 3.02. The van der Waals surface area contributed by atoms with Gasteiger partial charge in [0.2, 0.25) is 0 Å². The first-order chi connectivity index (χ1) is 17.4. The number of para-hydroxylation sites is 3. The van der Waals surface area contributed by atoms with Crippen molar-refractivity contribution in [1.29, 1.82) is 0 Å². The van der Waals surface area contributed by atoms with Crippen molar-refractivity contribution >= 4 is 46.9 Å². The molecule has 0 radical (unpaired) electrons. The second-order valence-electron chi connectivity index (χ2n) is 7.42. The lowest BCUT2D eigenvalue weighted by Gasteiger charge is -2.11. The maximum absolute atomic E-state index is 12.3. The molecule has 3 aromatic rings. The van der Waals surface area contributed by atoms with E-state index in [-0.39, 0.29) is 12.5 Å². The molecule has 0 saturated carbocycles. The molecule has 0 aromatic heterocycles. The summed E-state index contributed by atoms with van der Waals surface area (Å²) in [4.78, 5) is 36.7. The molecule has 0 aliphatic heterocycles. The van der Waals surface area contributed by atoms with Crippen LogP contribution >= 0.6 is 11.6 Å². The monoisotopic (exact) mass is 508 g/mol. The van der Waals surface area contributed by atoms with Crippen LogP contribution in [0.5, 0.6) is 11.5 Å². The summed E-state index contributed by atoms with van der Waals surface area (Å²) < 4.78 is 11.0. The third-order valence-corrected chi connectivity index (χ3v) is 5.00. The van der Waals surface area contributed by atoms with E-state index in [9.17, 15) is 14.4 Å². The van der Waals surface area contributed by atoms with Crippen molar-refractivity contribution in [1.82, 2.24) is 5.43 Å². The summed E-state index contributed by atoms with van der Waals surface area (Å²) in [5, 5.41) is 9.57. The molecule has 0 heterocycles. The van der Waals surface area contributed by atoms with Crippen LogP contribution in [-0.4, -0.2) is 37.1 Å². The molecule has 0 atom stereocenters. The molecule has 0 fully saturated rings. The Morgan fingerprint density at radius 3 is 2.39 bits per heavy atom. The Labute approximate surface area is 213 Å². The highest BCUT2D eigenvalue weighted by molar-refractivity contribution is 6.39. The van der Waals surface area contributed by atoms with Gasteiger partial charge in [0.25, 0.3) is 5.91 Å². The number of rotatable bonds is 9. The summed E-state index contributed by atoms with van der Waals surface area (Å²) in [6.45, 7) is 3.82. The van der Waals surface area contributed by atoms with E-state index in [0.717, 1.165) is 5.56 Å². The van der Waals surface area contributed by atoms with Crippen molar-refractivity contribution < 1.29 is 23.9 Å². The number of amides is 3. The molecule has 3 rings (SSSR count). The number of aryl methyl sites for hydroxylation is 1. The molecule has 9 nitrogen and oxygen atoms in total. The maximum Gasteiger partial charge on any atom is 0.329 e. The average molecular weight is 509 g/mol. The van der Waals surface area contributed by atoms with Crippen LogP contribution in [0.15, 0.2) is 71.8 Å². The van der Waals surface area contributed by atoms with Crippen LogP contribution in [0.25, 0.3) is 0 Å². The Morgan fingerprint density at radius 2 is 1.61 bits per heavy atom. The number of anilines is 2. The fraction of sp³-hybridized carbons (Fsp3) is 0.154. The Morgan fingerprint density at radius 1 is 0.889 bits per heavy atom. The lowest BCUT2D eigenvalue weighted by Crippen LogP contribution is -2.32. The Bertz CT molecular complexity index is 1280. The van der Waals surface area contributed by atoms with Crippen molar-refractivity contribution in [2.45, 2.75) is 13.8 Å². The number of nitrogens with one attached hydrogen (secondary N) is 3. The molecular formula is C26H25ClN4O5. The first-order valence-electron chi connectivity index (χ1n) is 11.0. The van der Waals surface area contributed by atoms with Gasteiger partial charge in [-0.1, -0.05) is 41.9 Å². The molecule has 3 N–H and O–H groups in total. The molecule has 3 amide bonds. The fourth-order valence-corrected chi connectivity index (χ4v) is 3.19. The summed E-state index contributed by atoms with van der Waals surface area (Å²) in [5.41, 5.74) is 4.49. The summed E-state index contributed by atoms with van der Waals surface area (Å²) in [6.07, 6.45) is 1.31. The standard InChI is InChI=1S/C26H25ClN4O5/c1-3-35-23-11-7-5-9-20(23)30-25(33)26(34)31-28-15-18-8-4-6-10-22(18)36-16-24(32)29-21-14-19(27)13-12-17(21)2/h4-15H,3,16H2,1-2H3,(H,29,32)(H,30,33)(H,31,34)/b28-15-. The molecule has 186 valence electrons. The molecule has 0 unspecified atom stereocenters. The van der Waals surface area contributed by atoms with E-state index in [2.05, 4.69) is 21.2 Å². The van der Waals surface area contributed by atoms with Crippen molar-refractivity contribution in [3.8, 4) is 11.5 Å². The van der Waals surface area contributed by atoms with E-state index in [0.29, 0.717) is 40.1 Å². The number of hydrogen-bond donors (Lipinski definition) is 3. The van der Waals surface area contributed by atoms with Crippen LogP contribution < -0.4 is 25.5 Å². The molecular weight excluding hydrogens is 484 g/mol. The lowest BCUT2D eigenvalue weighted by molar-refractivity contribution is -0.136. The zero-order valence-electron chi connectivity index (χ0n) is 19.7. The van der Waals surface area contributed by atoms with Crippen molar-refractivity contribution in [2.24, 2.45) is 5.10 Å². The van der Waals surface area contributed by atoms with Gasteiger partial charge in [-0.15, -0.1) is 0 Å². The van der Waals surface area contributed by atoms with Crippen LogP contribution in [0.3, 0.4) is 0 Å². The Kier molecular flexibility index (Phi) is 9.41.